The van der Waals surface area contributed by atoms with Gasteiger partial charge in [-0.1, -0.05) is 6.07 Å². The molecule has 0 spiro atoms. The Bertz CT molecular complexity index is 1770. The number of benzene rings is 1. The molecular formula is C34H46FN7O5S. The van der Waals surface area contributed by atoms with E-state index in [-0.39, 0.29) is 36.4 Å². The Morgan fingerprint density at radius 1 is 1.08 bits per heavy atom. The van der Waals surface area contributed by atoms with Crippen LogP contribution in [-0.2, 0) is 19.3 Å². The number of rotatable bonds is 8. The number of hydrogen-bond acceptors (Lipinski definition) is 11. The van der Waals surface area contributed by atoms with Gasteiger partial charge in [0.15, 0.2) is 0 Å². The van der Waals surface area contributed by atoms with Gasteiger partial charge in [-0.15, -0.1) is 0 Å². The van der Waals surface area contributed by atoms with Gasteiger partial charge in [0, 0.05) is 68.4 Å². The van der Waals surface area contributed by atoms with Crippen molar-refractivity contribution in [3.05, 3.63) is 42.2 Å². The first kappa shape index (κ1) is 34.1. The predicted molar refractivity (Wildman–Crippen MR) is 185 cm³/mol. The molecule has 6 rings (SSSR count). The van der Waals surface area contributed by atoms with E-state index in [0.717, 1.165) is 34.9 Å². The number of pyridine rings is 1. The summed E-state index contributed by atoms with van der Waals surface area (Å²) in [5, 5.41) is 5.16. The van der Waals surface area contributed by atoms with Gasteiger partial charge in [0.2, 0.25) is 5.95 Å². The second-order valence-corrected chi connectivity index (χ2v) is 16.4. The Morgan fingerprint density at radius 2 is 1.88 bits per heavy atom. The molecule has 1 amide bonds. The van der Waals surface area contributed by atoms with Gasteiger partial charge in [-0.3, -0.25) is 0 Å². The monoisotopic (exact) mass is 683 g/mol. The van der Waals surface area contributed by atoms with Crippen molar-refractivity contribution in [3.8, 4) is 0 Å². The minimum Gasteiger partial charge on any atom is -0.444 e. The summed E-state index contributed by atoms with van der Waals surface area (Å²) in [5.41, 5.74) is 1.34. The number of ether oxygens (including phenoxy) is 2. The number of carbonyl (C=O) groups excluding carboxylic acids is 1. The summed E-state index contributed by atoms with van der Waals surface area (Å²) in [6.45, 7) is 9.61. The molecule has 0 bridgehead atoms. The highest BCUT2D eigenvalue weighted by atomic mass is 32.2. The summed E-state index contributed by atoms with van der Waals surface area (Å²) < 4.78 is 49.7. The number of aromatic nitrogens is 3. The maximum absolute atomic E-state index is 14.6. The molecule has 1 N–H and O–H groups in total. The van der Waals surface area contributed by atoms with Crippen molar-refractivity contribution in [2.45, 2.75) is 76.9 Å². The van der Waals surface area contributed by atoms with E-state index in [1.54, 1.807) is 12.3 Å². The molecule has 3 aromatic rings. The largest absolute Gasteiger partial charge is 0.444 e. The van der Waals surface area contributed by atoms with Crippen LogP contribution < -0.4 is 15.1 Å². The van der Waals surface area contributed by atoms with E-state index in [1.165, 1.54) is 13.4 Å². The standard InChI is InChI=1S/C34H46FN7O5S/c1-21-22(20-48(6,44)45)18-42(21)28-10-9-23(27-8-7-14-41(27)33(43)47-34(2,3)4)24-16-31(37-17-25(24)28)38-30-11-13-36-32(39-30)40-15-12-29(46-5)26(35)19-40/h9-11,13,16-17,21-22,26-27,29H,7-8,12,14-15,18-20H2,1-6H3,(H,36,37,38,39)/t21-,22-,26+,27?,29-/m1/s1. The van der Waals surface area contributed by atoms with Crippen LogP contribution in [0.25, 0.3) is 10.8 Å². The highest BCUT2D eigenvalue weighted by Crippen LogP contribution is 2.43. The van der Waals surface area contributed by atoms with Crippen LogP contribution in [0.4, 0.5) is 32.5 Å². The van der Waals surface area contributed by atoms with Gasteiger partial charge < -0.3 is 29.5 Å². The van der Waals surface area contributed by atoms with Crippen molar-refractivity contribution in [2.24, 2.45) is 5.92 Å². The Kier molecular flexibility index (Phi) is 9.42. The summed E-state index contributed by atoms with van der Waals surface area (Å²) in [4.78, 5) is 33.0. The maximum atomic E-state index is 14.6. The van der Waals surface area contributed by atoms with Crippen LogP contribution in [0.15, 0.2) is 36.7 Å². The molecule has 5 atom stereocenters. The molecule has 48 heavy (non-hydrogen) atoms. The van der Waals surface area contributed by atoms with Gasteiger partial charge in [-0.2, -0.15) is 4.98 Å². The van der Waals surface area contributed by atoms with E-state index >= 15 is 0 Å². The minimum atomic E-state index is -3.10. The van der Waals surface area contributed by atoms with Crippen molar-refractivity contribution in [1.82, 2.24) is 19.9 Å². The van der Waals surface area contributed by atoms with Gasteiger partial charge >= 0.3 is 6.09 Å². The van der Waals surface area contributed by atoms with E-state index in [1.807, 2.05) is 42.8 Å². The molecule has 3 aliphatic rings. The average Bonchev–Trinajstić information content (AvgIpc) is 3.51. The van der Waals surface area contributed by atoms with Crippen LogP contribution in [-0.4, -0.2) is 104 Å². The lowest BCUT2D eigenvalue weighted by atomic mass is 9.89. The number of hydrogen-bond donors (Lipinski definition) is 1. The number of amides is 1. The third-order valence-corrected chi connectivity index (χ3v) is 10.6. The lowest BCUT2D eigenvalue weighted by Gasteiger charge is -2.48. The van der Waals surface area contributed by atoms with Crippen molar-refractivity contribution < 1.29 is 27.1 Å². The van der Waals surface area contributed by atoms with Crippen molar-refractivity contribution in [2.75, 3.05) is 60.4 Å². The number of fused-ring (bicyclic) bond motifs is 1. The first-order valence-corrected chi connectivity index (χ1v) is 18.7. The quantitative estimate of drug-likeness (QED) is 0.333. The smallest absolute Gasteiger partial charge is 0.410 e. The maximum Gasteiger partial charge on any atom is 0.410 e. The van der Waals surface area contributed by atoms with Crippen LogP contribution in [0.1, 0.15) is 58.6 Å². The van der Waals surface area contributed by atoms with Crippen LogP contribution in [0.3, 0.4) is 0 Å². The molecule has 1 aromatic carbocycles. The first-order valence-electron chi connectivity index (χ1n) is 16.6. The fourth-order valence-corrected chi connectivity index (χ4v) is 8.27. The molecule has 2 aromatic heterocycles. The molecule has 3 fully saturated rings. The van der Waals surface area contributed by atoms with Crippen LogP contribution >= 0.6 is 0 Å². The van der Waals surface area contributed by atoms with E-state index < -0.39 is 27.7 Å². The van der Waals surface area contributed by atoms with Crippen molar-refractivity contribution in [1.29, 1.82) is 0 Å². The van der Waals surface area contributed by atoms with E-state index in [2.05, 4.69) is 39.2 Å². The second kappa shape index (κ2) is 13.3. The highest BCUT2D eigenvalue weighted by molar-refractivity contribution is 7.90. The topological polar surface area (TPSA) is 130 Å². The number of alkyl halides is 1. The third kappa shape index (κ3) is 7.29. The Hall–Kier alpha value is -3.78. The molecule has 0 aliphatic carbocycles. The van der Waals surface area contributed by atoms with Gasteiger partial charge in [-0.05, 0) is 76.1 Å². The molecule has 12 nitrogen and oxygen atoms in total. The SMILES string of the molecule is CO[C@@H]1CCN(c2nccc(Nc3cc4c(C5CCCN5C(=O)OC(C)(C)C)ccc(N5C[C@H](CS(C)(=O)=O)[C@H]5C)c4cn3)n2)C[C@@H]1F. The fourth-order valence-electron chi connectivity index (χ4n) is 7.10. The van der Waals surface area contributed by atoms with Crippen molar-refractivity contribution >= 4 is 50.0 Å². The lowest BCUT2D eigenvalue weighted by molar-refractivity contribution is 0.0194. The zero-order chi connectivity index (χ0) is 34.4. The molecule has 0 radical (unpaired) electrons. The number of nitrogens with one attached hydrogen (secondary N) is 1. The lowest BCUT2D eigenvalue weighted by Crippen LogP contribution is -2.57. The van der Waals surface area contributed by atoms with Crippen LogP contribution in [0, 0.1) is 5.92 Å². The van der Waals surface area contributed by atoms with Gasteiger partial charge in [0.05, 0.1) is 24.4 Å². The fraction of sp³-hybridized carbons (Fsp3) is 0.588. The predicted octanol–water partition coefficient (Wildman–Crippen LogP) is 5.27. The van der Waals surface area contributed by atoms with Gasteiger partial charge in [0.1, 0.15) is 33.2 Å². The number of likely N-dealkylation sites (tertiary alicyclic amines) is 1. The molecular weight excluding hydrogens is 637 g/mol. The van der Waals surface area contributed by atoms with E-state index in [0.29, 0.717) is 43.6 Å². The van der Waals surface area contributed by atoms with E-state index in [9.17, 15) is 17.6 Å². The normalized spacial score (nSPS) is 24.9. The van der Waals surface area contributed by atoms with Crippen molar-refractivity contribution in [3.63, 3.8) is 0 Å². The summed E-state index contributed by atoms with van der Waals surface area (Å²) in [6.07, 6.45) is 5.03. The van der Waals surface area contributed by atoms with Gasteiger partial charge in [-0.25, -0.2) is 27.6 Å². The number of methoxy groups -OCH3 is 1. The zero-order valence-electron chi connectivity index (χ0n) is 28.5. The number of carbonyl (C=O) groups is 1. The Labute approximate surface area is 281 Å². The number of nitrogens with zero attached hydrogens (tertiary/aromatic N) is 6. The molecule has 260 valence electrons. The Morgan fingerprint density at radius 3 is 2.56 bits per heavy atom. The Balaban J connectivity index is 1.33. The van der Waals surface area contributed by atoms with Crippen LogP contribution in [0.2, 0.25) is 0 Å². The zero-order valence-corrected chi connectivity index (χ0v) is 29.3. The molecule has 3 aliphatic heterocycles. The summed E-state index contributed by atoms with van der Waals surface area (Å²) in [5.74, 6) is 1.69. The second-order valence-electron chi connectivity index (χ2n) is 14.3. The van der Waals surface area contributed by atoms with E-state index in [4.69, 9.17) is 14.5 Å². The molecule has 1 unspecified atom stereocenters. The molecule has 0 saturated carbocycles. The highest BCUT2D eigenvalue weighted by Gasteiger charge is 2.39. The molecule has 14 heteroatoms. The van der Waals surface area contributed by atoms with Gasteiger partial charge in [0.25, 0.3) is 0 Å². The summed E-state index contributed by atoms with van der Waals surface area (Å²) in [7, 11) is -1.57. The van der Waals surface area contributed by atoms with Crippen LogP contribution in [0.5, 0.6) is 0 Å². The number of piperidine rings is 1. The number of sulfone groups is 1. The average molecular weight is 684 g/mol. The third-order valence-electron chi connectivity index (χ3n) is 9.55. The summed E-state index contributed by atoms with van der Waals surface area (Å²) >= 11 is 0. The molecule has 5 heterocycles. The minimum absolute atomic E-state index is 0.0358. The summed E-state index contributed by atoms with van der Waals surface area (Å²) in [6, 6.07) is 7.70. The number of halogens is 1. The first-order chi connectivity index (χ1) is 22.7. The molecule has 3 saturated heterocycles. The number of anilines is 4.